The van der Waals surface area contributed by atoms with Gasteiger partial charge in [0.1, 0.15) is 0 Å². The molecule has 1 amide bonds. The fourth-order valence-corrected chi connectivity index (χ4v) is 2.85. The standard InChI is InChI=1S/C9H12N4O2S/c10-6-4-1-2-15-8(4)7(6)11-9(14)5-3-16-13-12-5/h3-4,6-8H,1-2,10H2,(H,11,14). The first-order chi connectivity index (χ1) is 7.77. The molecule has 1 aromatic rings. The highest BCUT2D eigenvalue weighted by Crippen LogP contribution is 2.37. The van der Waals surface area contributed by atoms with Gasteiger partial charge in [-0.2, -0.15) is 0 Å². The Hall–Kier alpha value is -1.05. The SMILES string of the molecule is NC1C2CCOC2C1NC(=O)c1csnn1. The normalized spacial score (nSPS) is 36.6. The van der Waals surface area contributed by atoms with Gasteiger partial charge < -0.3 is 15.8 Å². The number of fused-ring (bicyclic) bond motifs is 1. The fourth-order valence-electron chi connectivity index (χ4n) is 2.42. The van der Waals surface area contributed by atoms with Crippen LogP contribution in [-0.4, -0.2) is 40.3 Å². The third-order valence-electron chi connectivity index (χ3n) is 3.34. The van der Waals surface area contributed by atoms with E-state index in [2.05, 4.69) is 14.9 Å². The Balaban J connectivity index is 1.65. The fraction of sp³-hybridized carbons (Fsp3) is 0.667. The summed E-state index contributed by atoms with van der Waals surface area (Å²) in [6.07, 6.45) is 1.08. The van der Waals surface area contributed by atoms with E-state index in [0.29, 0.717) is 11.6 Å². The number of nitrogens with one attached hydrogen (secondary N) is 1. The molecule has 86 valence electrons. The van der Waals surface area contributed by atoms with Gasteiger partial charge >= 0.3 is 0 Å². The van der Waals surface area contributed by atoms with Crippen LogP contribution >= 0.6 is 11.5 Å². The summed E-state index contributed by atoms with van der Waals surface area (Å²) < 4.78 is 9.17. The molecule has 0 bridgehead atoms. The zero-order valence-electron chi connectivity index (χ0n) is 8.50. The molecule has 4 unspecified atom stereocenters. The average Bonchev–Trinajstić information content (AvgIpc) is 2.94. The number of aromatic nitrogens is 2. The Morgan fingerprint density at radius 2 is 2.56 bits per heavy atom. The summed E-state index contributed by atoms with van der Waals surface area (Å²) in [7, 11) is 0. The van der Waals surface area contributed by atoms with Crippen molar-refractivity contribution in [3.05, 3.63) is 11.1 Å². The lowest BCUT2D eigenvalue weighted by Gasteiger charge is -2.45. The van der Waals surface area contributed by atoms with Crippen molar-refractivity contribution < 1.29 is 9.53 Å². The largest absolute Gasteiger partial charge is 0.376 e. The van der Waals surface area contributed by atoms with E-state index in [4.69, 9.17) is 10.5 Å². The second-order valence-corrected chi connectivity index (χ2v) is 4.76. The Morgan fingerprint density at radius 1 is 1.69 bits per heavy atom. The highest BCUT2D eigenvalue weighted by molar-refractivity contribution is 7.03. The van der Waals surface area contributed by atoms with Gasteiger partial charge in [0.15, 0.2) is 5.69 Å². The van der Waals surface area contributed by atoms with Crippen molar-refractivity contribution >= 4 is 17.4 Å². The van der Waals surface area contributed by atoms with E-state index >= 15 is 0 Å². The number of nitrogens with zero attached hydrogens (tertiary/aromatic N) is 2. The van der Waals surface area contributed by atoms with Crippen LogP contribution in [0.3, 0.4) is 0 Å². The maximum absolute atomic E-state index is 11.7. The number of ether oxygens (including phenoxy) is 1. The number of carbonyl (C=O) groups is 1. The van der Waals surface area contributed by atoms with Crippen LogP contribution in [0.2, 0.25) is 0 Å². The molecule has 2 heterocycles. The van der Waals surface area contributed by atoms with Gasteiger partial charge in [-0.1, -0.05) is 4.49 Å². The summed E-state index contributed by atoms with van der Waals surface area (Å²) in [5.74, 6) is 0.182. The van der Waals surface area contributed by atoms with Gasteiger partial charge in [0, 0.05) is 23.9 Å². The van der Waals surface area contributed by atoms with E-state index in [9.17, 15) is 4.79 Å². The number of carbonyl (C=O) groups excluding carboxylic acids is 1. The van der Waals surface area contributed by atoms with Gasteiger partial charge in [-0.25, -0.2) is 0 Å². The van der Waals surface area contributed by atoms with Crippen molar-refractivity contribution in [3.63, 3.8) is 0 Å². The summed E-state index contributed by atoms with van der Waals surface area (Å²) >= 11 is 1.16. The Bertz CT molecular complexity index is 396. The molecule has 3 N–H and O–H groups in total. The van der Waals surface area contributed by atoms with Gasteiger partial charge in [-0.3, -0.25) is 4.79 Å². The van der Waals surface area contributed by atoms with Crippen molar-refractivity contribution in [2.75, 3.05) is 6.61 Å². The Kier molecular flexibility index (Phi) is 2.38. The quantitative estimate of drug-likeness (QED) is 0.719. The minimum Gasteiger partial charge on any atom is -0.376 e. The lowest BCUT2D eigenvalue weighted by molar-refractivity contribution is -0.0161. The maximum Gasteiger partial charge on any atom is 0.273 e. The van der Waals surface area contributed by atoms with Gasteiger partial charge in [-0.15, -0.1) is 5.10 Å². The first-order valence-electron chi connectivity index (χ1n) is 5.22. The lowest BCUT2D eigenvalue weighted by atomic mass is 9.72. The molecule has 1 saturated carbocycles. The van der Waals surface area contributed by atoms with Gasteiger partial charge in [0.05, 0.1) is 12.1 Å². The molecule has 0 radical (unpaired) electrons. The molecular weight excluding hydrogens is 228 g/mol. The third-order valence-corrected chi connectivity index (χ3v) is 3.84. The van der Waals surface area contributed by atoms with Crippen molar-refractivity contribution in [3.8, 4) is 0 Å². The van der Waals surface area contributed by atoms with Crippen LogP contribution < -0.4 is 11.1 Å². The molecule has 1 aliphatic carbocycles. The van der Waals surface area contributed by atoms with Crippen LogP contribution in [0.4, 0.5) is 0 Å². The van der Waals surface area contributed by atoms with Crippen LogP contribution in [0, 0.1) is 5.92 Å². The first kappa shape index (κ1) is 10.1. The minimum atomic E-state index is -0.219. The molecule has 2 aliphatic rings. The van der Waals surface area contributed by atoms with Crippen LogP contribution in [0.25, 0.3) is 0 Å². The van der Waals surface area contributed by atoms with Crippen LogP contribution in [0.15, 0.2) is 5.38 Å². The summed E-state index contributed by atoms with van der Waals surface area (Å²) in [5.41, 5.74) is 6.33. The van der Waals surface area contributed by atoms with E-state index in [-0.39, 0.29) is 24.1 Å². The predicted molar refractivity (Wildman–Crippen MR) is 57.0 cm³/mol. The number of hydrogen-bond donors (Lipinski definition) is 2. The van der Waals surface area contributed by atoms with Gasteiger partial charge in [0.2, 0.25) is 0 Å². The summed E-state index contributed by atoms with van der Waals surface area (Å²) in [4.78, 5) is 11.7. The van der Waals surface area contributed by atoms with Crippen molar-refractivity contribution in [1.29, 1.82) is 0 Å². The summed E-state index contributed by atoms with van der Waals surface area (Å²) in [6.45, 7) is 0.744. The minimum absolute atomic E-state index is 0.00282. The number of hydrogen-bond acceptors (Lipinski definition) is 6. The second-order valence-electron chi connectivity index (χ2n) is 4.15. The summed E-state index contributed by atoms with van der Waals surface area (Å²) in [5, 5.41) is 8.19. The van der Waals surface area contributed by atoms with Crippen molar-refractivity contribution in [1.82, 2.24) is 14.9 Å². The van der Waals surface area contributed by atoms with Crippen LogP contribution in [0.5, 0.6) is 0 Å². The number of nitrogens with two attached hydrogens (primary N) is 1. The van der Waals surface area contributed by atoms with E-state index in [1.165, 1.54) is 0 Å². The molecule has 0 spiro atoms. The molecule has 1 saturated heterocycles. The molecule has 3 rings (SSSR count). The zero-order valence-corrected chi connectivity index (χ0v) is 9.31. The monoisotopic (exact) mass is 240 g/mol. The maximum atomic E-state index is 11.7. The molecule has 2 fully saturated rings. The molecule has 4 atom stereocenters. The Labute approximate surface area is 96.3 Å². The summed E-state index contributed by atoms with van der Waals surface area (Å²) in [6, 6.07) is -0.0789. The topological polar surface area (TPSA) is 90.1 Å². The first-order valence-corrected chi connectivity index (χ1v) is 6.06. The lowest BCUT2D eigenvalue weighted by Crippen LogP contribution is -2.69. The molecule has 1 aliphatic heterocycles. The smallest absolute Gasteiger partial charge is 0.273 e. The van der Waals surface area contributed by atoms with E-state index < -0.39 is 0 Å². The molecule has 0 aromatic carbocycles. The van der Waals surface area contributed by atoms with Crippen LogP contribution in [0.1, 0.15) is 16.9 Å². The van der Waals surface area contributed by atoms with Gasteiger partial charge in [-0.05, 0) is 18.0 Å². The third kappa shape index (κ3) is 1.43. The second kappa shape index (κ2) is 3.76. The van der Waals surface area contributed by atoms with E-state index in [1.807, 2.05) is 0 Å². The molecule has 1 aromatic heterocycles. The number of amides is 1. The molecule has 6 nitrogen and oxygen atoms in total. The number of rotatable bonds is 2. The van der Waals surface area contributed by atoms with Crippen molar-refractivity contribution in [2.24, 2.45) is 11.7 Å². The average molecular weight is 240 g/mol. The highest BCUT2D eigenvalue weighted by Gasteiger charge is 2.52. The molecule has 16 heavy (non-hydrogen) atoms. The van der Waals surface area contributed by atoms with Gasteiger partial charge in [0.25, 0.3) is 5.91 Å². The van der Waals surface area contributed by atoms with E-state index in [0.717, 1.165) is 24.6 Å². The highest BCUT2D eigenvalue weighted by atomic mass is 32.1. The molecule has 7 heteroatoms. The van der Waals surface area contributed by atoms with Crippen molar-refractivity contribution in [2.45, 2.75) is 24.6 Å². The Morgan fingerprint density at radius 3 is 3.31 bits per heavy atom. The predicted octanol–water partition coefficient (Wildman–Crippen LogP) is -0.618. The zero-order chi connectivity index (χ0) is 11.1. The molecular formula is C9H12N4O2S. The van der Waals surface area contributed by atoms with E-state index in [1.54, 1.807) is 5.38 Å². The van der Waals surface area contributed by atoms with Crippen LogP contribution in [-0.2, 0) is 4.74 Å².